The lowest BCUT2D eigenvalue weighted by Gasteiger charge is -2.31. The summed E-state index contributed by atoms with van der Waals surface area (Å²) in [5.41, 5.74) is 5.75. The van der Waals surface area contributed by atoms with Gasteiger partial charge in [0.1, 0.15) is 0 Å². The van der Waals surface area contributed by atoms with Crippen molar-refractivity contribution < 1.29 is 0 Å². The lowest BCUT2D eigenvalue weighted by Crippen LogP contribution is -2.34. The minimum atomic E-state index is 0.377. The van der Waals surface area contributed by atoms with Crippen LogP contribution in [0.25, 0.3) is 0 Å². The third-order valence-electron chi connectivity index (χ3n) is 3.54. The molecular formula is C13H28N2. The van der Waals surface area contributed by atoms with E-state index in [0.717, 1.165) is 5.92 Å². The van der Waals surface area contributed by atoms with Crippen molar-refractivity contribution in [2.24, 2.45) is 11.7 Å². The van der Waals surface area contributed by atoms with E-state index < -0.39 is 0 Å². The SMILES string of the molecule is CCCC1CCN(CCCC(C)N)CC1. The highest BCUT2D eigenvalue weighted by Gasteiger charge is 2.17. The summed E-state index contributed by atoms with van der Waals surface area (Å²) in [4.78, 5) is 2.62. The van der Waals surface area contributed by atoms with Gasteiger partial charge in [0.05, 0.1) is 0 Å². The maximum atomic E-state index is 5.75. The predicted octanol–water partition coefficient (Wildman–Crippen LogP) is 2.63. The van der Waals surface area contributed by atoms with Gasteiger partial charge in [0.2, 0.25) is 0 Å². The summed E-state index contributed by atoms with van der Waals surface area (Å²) >= 11 is 0. The van der Waals surface area contributed by atoms with Crippen LogP contribution in [-0.2, 0) is 0 Å². The van der Waals surface area contributed by atoms with E-state index in [1.165, 1.54) is 58.2 Å². The first kappa shape index (κ1) is 13.0. The smallest absolute Gasteiger partial charge is 0.00109 e. The van der Waals surface area contributed by atoms with E-state index in [1.807, 2.05) is 0 Å². The standard InChI is InChI=1S/C13H28N2/c1-3-5-13-7-10-15(11-8-13)9-4-6-12(2)14/h12-13H,3-11,14H2,1-2H3. The number of hydrogen-bond donors (Lipinski definition) is 1. The Bertz CT molecular complexity index is 149. The number of nitrogens with zero attached hydrogens (tertiary/aromatic N) is 1. The van der Waals surface area contributed by atoms with E-state index in [-0.39, 0.29) is 0 Å². The van der Waals surface area contributed by atoms with Crippen LogP contribution in [0.1, 0.15) is 52.4 Å². The molecule has 2 N–H and O–H groups in total. The van der Waals surface area contributed by atoms with E-state index in [2.05, 4.69) is 18.7 Å². The van der Waals surface area contributed by atoms with Crippen molar-refractivity contribution in [3.8, 4) is 0 Å². The summed E-state index contributed by atoms with van der Waals surface area (Å²) in [5, 5.41) is 0. The summed E-state index contributed by atoms with van der Waals surface area (Å²) in [7, 11) is 0. The largest absolute Gasteiger partial charge is 0.328 e. The van der Waals surface area contributed by atoms with Crippen molar-refractivity contribution in [1.29, 1.82) is 0 Å². The molecule has 0 radical (unpaired) electrons. The van der Waals surface area contributed by atoms with E-state index in [4.69, 9.17) is 5.73 Å². The second-order valence-corrected chi connectivity index (χ2v) is 5.19. The van der Waals surface area contributed by atoms with E-state index in [0.29, 0.717) is 6.04 Å². The molecule has 1 unspecified atom stereocenters. The van der Waals surface area contributed by atoms with Crippen LogP contribution in [-0.4, -0.2) is 30.6 Å². The van der Waals surface area contributed by atoms with Crippen LogP contribution < -0.4 is 5.73 Å². The summed E-state index contributed by atoms with van der Waals surface area (Å²) < 4.78 is 0. The fourth-order valence-corrected chi connectivity index (χ4v) is 2.54. The summed E-state index contributed by atoms with van der Waals surface area (Å²) in [6.07, 6.45) is 8.09. The van der Waals surface area contributed by atoms with Crippen molar-refractivity contribution >= 4 is 0 Å². The Morgan fingerprint density at radius 1 is 1.33 bits per heavy atom. The van der Waals surface area contributed by atoms with Gasteiger partial charge in [0, 0.05) is 6.04 Å². The molecule has 2 nitrogen and oxygen atoms in total. The van der Waals surface area contributed by atoms with E-state index >= 15 is 0 Å². The highest BCUT2D eigenvalue weighted by Crippen LogP contribution is 2.21. The van der Waals surface area contributed by atoms with Crippen molar-refractivity contribution in [3.05, 3.63) is 0 Å². The number of likely N-dealkylation sites (tertiary alicyclic amines) is 1. The van der Waals surface area contributed by atoms with Crippen LogP contribution in [0.5, 0.6) is 0 Å². The van der Waals surface area contributed by atoms with Crippen molar-refractivity contribution in [2.45, 2.75) is 58.4 Å². The van der Waals surface area contributed by atoms with Crippen LogP contribution in [0.15, 0.2) is 0 Å². The number of rotatable bonds is 6. The first-order valence-corrected chi connectivity index (χ1v) is 6.70. The lowest BCUT2D eigenvalue weighted by atomic mass is 9.92. The third-order valence-corrected chi connectivity index (χ3v) is 3.54. The van der Waals surface area contributed by atoms with Gasteiger partial charge in [-0.2, -0.15) is 0 Å². The minimum absolute atomic E-state index is 0.377. The first-order chi connectivity index (χ1) is 7.22. The number of nitrogens with two attached hydrogens (primary N) is 1. The summed E-state index contributed by atoms with van der Waals surface area (Å²) in [6.45, 7) is 8.32. The van der Waals surface area contributed by atoms with Crippen LogP contribution in [0.2, 0.25) is 0 Å². The van der Waals surface area contributed by atoms with Gasteiger partial charge in [-0.3, -0.25) is 0 Å². The topological polar surface area (TPSA) is 29.3 Å². The van der Waals surface area contributed by atoms with Crippen molar-refractivity contribution in [2.75, 3.05) is 19.6 Å². The molecule has 1 aliphatic rings. The molecule has 90 valence electrons. The molecule has 1 rings (SSSR count). The fraction of sp³-hybridized carbons (Fsp3) is 1.00. The molecule has 1 fully saturated rings. The maximum Gasteiger partial charge on any atom is 0.00109 e. The molecule has 0 aromatic carbocycles. The van der Waals surface area contributed by atoms with E-state index in [1.54, 1.807) is 0 Å². The molecule has 0 amide bonds. The quantitative estimate of drug-likeness (QED) is 0.733. The molecule has 0 saturated carbocycles. The highest BCUT2D eigenvalue weighted by molar-refractivity contribution is 4.72. The molecule has 1 atom stereocenters. The average molecular weight is 212 g/mol. The number of piperidine rings is 1. The molecule has 0 aromatic heterocycles. The molecule has 1 saturated heterocycles. The van der Waals surface area contributed by atoms with Crippen LogP contribution in [0.3, 0.4) is 0 Å². The van der Waals surface area contributed by atoms with Crippen molar-refractivity contribution in [3.63, 3.8) is 0 Å². The molecular weight excluding hydrogens is 184 g/mol. The third kappa shape index (κ3) is 5.53. The van der Waals surface area contributed by atoms with E-state index in [9.17, 15) is 0 Å². The molecule has 15 heavy (non-hydrogen) atoms. The number of hydrogen-bond acceptors (Lipinski definition) is 2. The van der Waals surface area contributed by atoms with Crippen LogP contribution in [0.4, 0.5) is 0 Å². The summed E-state index contributed by atoms with van der Waals surface area (Å²) in [5.74, 6) is 1.01. The molecule has 0 spiro atoms. The zero-order valence-electron chi connectivity index (χ0n) is 10.5. The second kappa shape index (κ2) is 7.24. The molecule has 1 heterocycles. The first-order valence-electron chi connectivity index (χ1n) is 6.70. The Balaban J connectivity index is 2.04. The Kier molecular flexibility index (Phi) is 6.26. The van der Waals surface area contributed by atoms with Gasteiger partial charge in [-0.05, 0) is 58.2 Å². The Morgan fingerprint density at radius 2 is 2.00 bits per heavy atom. The minimum Gasteiger partial charge on any atom is -0.328 e. The zero-order chi connectivity index (χ0) is 11.1. The van der Waals surface area contributed by atoms with Crippen molar-refractivity contribution in [1.82, 2.24) is 4.90 Å². The van der Waals surface area contributed by atoms with Gasteiger partial charge in [-0.25, -0.2) is 0 Å². The van der Waals surface area contributed by atoms with Gasteiger partial charge in [0.25, 0.3) is 0 Å². The van der Waals surface area contributed by atoms with Gasteiger partial charge in [0.15, 0.2) is 0 Å². The molecule has 0 aliphatic carbocycles. The van der Waals surface area contributed by atoms with Gasteiger partial charge < -0.3 is 10.6 Å². The van der Waals surface area contributed by atoms with Gasteiger partial charge >= 0.3 is 0 Å². The molecule has 1 aliphatic heterocycles. The molecule has 0 aromatic rings. The second-order valence-electron chi connectivity index (χ2n) is 5.19. The normalized spacial score (nSPS) is 21.8. The Hall–Kier alpha value is -0.0800. The predicted molar refractivity (Wildman–Crippen MR) is 67.0 cm³/mol. The Labute approximate surface area is 95.2 Å². The highest BCUT2D eigenvalue weighted by atomic mass is 15.1. The average Bonchev–Trinajstić information content (AvgIpc) is 2.20. The lowest BCUT2D eigenvalue weighted by molar-refractivity contribution is 0.175. The van der Waals surface area contributed by atoms with Gasteiger partial charge in [-0.1, -0.05) is 19.8 Å². The van der Waals surface area contributed by atoms with Crippen LogP contribution >= 0.6 is 0 Å². The molecule has 2 heteroatoms. The molecule has 0 bridgehead atoms. The van der Waals surface area contributed by atoms with Gasteiger partial charge in [-0.15, -0.1) is 0 Å². The fourth-order valence-electron chi connectivity index (χ4n) is 2.54. The summed E-state index contributed by atoms with van der Waals surface area (Å²) in [6, 6.07) is 0.377. The maximum absolute atomic E-state index is 5.75. The zero-order valence-corrected chi connectivity index (χ0v) is 10.5. The van der Waals surface area contributed by atoms with Crippen LogP contribution in [0, 0.1) is 5.92 Å². The Morgan fingerprint density at radius 3 is 2.53 bits per heavy atom. The monoisotopic (exact) mass is 212 g/mol.